The lowest BCUT2D eigenvalue weighted by Gasteiger charge is -2.31. The van der Waals surface area contributed by atoms with Crippen molar-refractivity contribution < 1.29 is 14.3 Å². The van der Waals surface area contributed by atoms with Crippen molar-refractivity contribution >= 4 is 40.6 Å². The van der Waals surface area contributed by atoms with E-state index in [1.165, 1.54) is 0 Å². The van der Waals surface area contributed by atoms with E-state index in [0.29, 0.717) is 33.8 Å². The van der Waals surface area contributed by atoms with E-state index in [2.05, 4.69) is 10.6 Å². The van der Waals surface area contributed by atoms with Gasteiger partial charge in [0.2, 0.25) is 0 Å². The molecule has 7 heteroatoms. The maximum absolute atomic E-state index is 12.9. The molecule has 1 heterocycles. The van der Waals surface area contributed by atoms with Gasteiger partial charge in [0, 0.05) is 0 Å². The van der Waals surface area contributed by atoms with E-state index in [1.807, 2.05) is 43.3 Å². The normalized spacial score (nSPS) is 16.2. The Morgan fingerprint density at radius 1 is 1.14 bits per heavy atom. The third-order valence-corrected chi connectivity index (χ3v) is 4.73. The second-order valence-electron chi connectivity index (χ2n) is 6.03. The minimum atomic E-state index is -0.504. The van der Waals surface area contributed by atoms with Crippen molar-refractivity contribution in [1.82, 2.24) is 10.6 Å². The molecule has 2 aromatic rings. The molecule has 0 spiro atoms. The number of rotatable bonds is 6. The summed E-state index contributed by atoms with van der Waals surface area (Å²) in [5.74, 6) is 0.174. The van der Waals surface area contributed by atoms with Gasteiger partial charge in [-0.05, 0) is 49.3 Å². The summed E-state index contributed by atoms with van der Waals surface area (Å²) >= 11 is 11.8. The lowest BCUT2D eigenvalue weighted by atomic mass is 9.92. The molecular weight excluding hydrogens is 396 g/mol. The minimum absolute atomic E-state index is 0.269. The number of carbonyl (C=O) groups is 1. The minimum Gasteiger partial charge on any atom is -0.492 e. The predicted molar refractivity (Wildman–Crippen MR) is 114 cm³/mol. The molecule has 1 atom stereocenters. The lowest BCUT2D eigenvalue weighted by Crippen LogP contribution is -2.45. The average Bonchev–Trinajstić information content (AvgIpc) is 2.70. The number of nitrogens with one attached hydrogen (secondary N) is 2. The Balaban J connectivity index is 2.13. The van der Waals surface area contributed by atoms with Crippen LogP contribution < -0.4 is 15.4 Å². The largest absolute Gasteiger partial charge is 0.492 e. The third kappa shape index (κ3) is 4.29. The summed E-state index contributed by atoms with van der Waals surface area (Å²) in [7, 11) is 0. The molecule has 0 bridgehead atoms. The first-order valence-electron chi connectivity index (χ1n) is 9.01. The molecule has 5 nitrogen and oxygen atoms in total. The zero-order valence-electron chi connectivity index (χ0n) is 15.6. The van der Waals surface area contributed by atoms with Crippen LogP contribution in [0.25, 0.3) is 5.70 Å². The van der Waals surface area contributed by atoms with Crippen LogP contribution in [0.2, 0.25) is 5.02 Å². The maximum atomic E-state index is 12.9. The Hall–Kier alpha value is -2.57. The number of hydrogen-bond donors (Lipinski definition) is 2. The molecule has 0 amide bonds. The number of ether oxygens (including phenoxy) is 2. The Labute approximate surface area is 174 Å². The van der Waals surface area contributed by atoms with Crippen LogP contribution in [-0.4, -0.2) is 24.3 Å². The van der Waals surface area contributed by atoms with Crippen LogP contribution in [0.5, 0.6) is 5.75 Å². The number of hydrogen-bond acceptors (Lipinski definition) is 4. The number of thiocarbonyl (C=S) groups is 1. The topological polar surface area (TPSA) is 59.6 Å². The van der Waals surface area contributed by atoms with Crippen molar-refractivity contribution in [2.45, 2.75) is 19.9 Å². The smallest absolute Gasteiger partial charge is 0.338 e. The monoisotopic (exact) mass is 416 g/mol. The van der Waals surface area contributed by atoms with Crippen LogP contribution in [0.4, 0.5) is 0 Å². The molecule has 2 N–H and O–H groups in total. The fraction of sp³-hybridized carbons (Fsp3) is 0.238. The molecule has 0 radical (unpaired) electrons. The fourth-order valence-electron chi connectivity index (χ4n) is 3.05. The predicted octanol–water partition coefficient (Wildman–Crippen LogP) is 4.23. The van der Waals surface area contributed by atoms with Crippen molar-refractivity contribution in [3.63, 3.8) is 0 Å². The molecule has 0 fully saturated rings. The molecule has 1 aliphatic heterocycles. The van der Waals surface area contributed by atoms with E-state index in [4.69, 9.17) is 33.3 Å². The van der Waals surface area contributed by atoms with Crippen LogP contribution in [0, 0.1) is 0 Å². The van der Waals surface area contributed by atoms with Crippen molar-refractivity contribution in [1.29, 1.82) is 0 Å². The number of carbonyl (C=O) groups excluding carboxylic acids is 1. The Morgan fingerprint density at radius 3 is 2.54 bits per heavy atom. The molecule has 0 saturated carbocycles. The van der Waals surface area contributed by atoms with Gasteiger partial charge in [-0.2, -0.15) is 0 Å². The zero-order chi connectivity index (χ0) is 20.1. The van der Waals surface area contributed by atoms with Gasteiger partial charge in [-0.15, -0.1) is 0 Å². The van der Waals surface area contributed by atoms with Crippen molar-refractivity contribution in [2.24, 2.45) is 0 Å². The van der Waals surface area contributed by atoms with Crippen LogP contribution in [-0.2, 0) is 9.53 Å². The van der Waals surface area contributed by atoms with Gasteiger partial charge in [-0.25, -0.2) is 4.79 Å². The average molecular weight is 417 g/mol. The summed E-state index contributed by atoms with van der Waals surface area (Å²) in [6.07, 6.45) is 0. The van der Waals surface area contributed by atoms with Gasteiger partial charge in [0.05, 0.1) is 35.5 Å². The first kappa shape index (κ1) is 20.2. The summed E-state index contributed by atoms with van der Waals surface area (Å²) in [4.78, 5) is 12.9. The van der Waals surface area contributed by atoms with Crippen molar-refractivity contribution in [3.05, 3.63) is 70.3 Å². The van der Waals surface area contributed by atoms with Gasteiger partial charge in [0.1, 0.15) is 5.75 Å². The van der Waals surface area contributed by atoms with E-state index in [9.17, 15) is 4.79 Å². The SMILES string of the molecule is CCOC(=O)C1=C(c2ccccc2)NC(=S)N[C@@H]1c1ccc(OCC)c(Cl)c1. The molecular formula is C21H21ClN2O3S. The Morgan fingerprint density at radius 2 is 1.89 bits per heavy atom. The highest BCUT2D eigenvalue weighted by molar-refractivity contribution is 7.80. The molecule has 28 heavy (non-hydrogen) atoms. The molecule has 0 aromatic heterocycles. The van der Waals surface area contributed by atoms with Gasteiger partial charge < -0.3 is 20.1 Å². The van der Waals surface area contributed by atoms with Crippen LogP contribution in [0.1, 0.15) is 31.0 Å². The van der Waals surface area contributed by atoms with Gasteiger partial charge in [-0.3, -0.25) is 0 Å². The second kappa shape index (κ2) is 9.08. The van der Waals surface area contributed by atoms with E-state index in [-0.39, 0.29) is 6.61 Å². The summed E-state index contributed by atoms with van der Waals surface area (Å²) in [5.41, 5.74) is 2.70. The van der Waals surface area contributed by atoms with Crippen molar-refractivity contribution in [2.75, 3.05) is 13.2 Å². The molecule has 0 saturated heterocycles. The van der Waals surface area contributed by atoms with E-state index >= 15 is 0 Å². The van der Waals surface area contributed by atoms with E-state index in [0.717, 1.165) is 11.1 Å². The zero-order valence-corrected chi connectivity index (χ0v) is 17.2. The lowest BCUT2D eigenvalue weighted by molar-refractivity contribution is -0.138. The molecule has 3 rings (SSSR count). The third-order valence-electron chi connectivity index (χ3n) is 4.22. The number of esters is 1. The highest BCUT2D eigenvalue weighted by Crippen LogP contribution is 2.35. The quantitative estimate of drug-likeness (QED) is 0.542. The first-order valence-corrected chi connectivity index (χ1v) is 9.80. The van der Waals surface area contributed by atoms with Crippen LogP contribution in [0.15, 0.2) is 54.1 Å². The second-order valence-corrected chi connectivity index (χ2v) is 6.84. The molecule has 2 aromatic carbocycles. The molecule has 0 aliphatic carbocycles. The van der Waals surface area contributed by atoms with Crippen LogP contribution in [0.3, 0.4) is 0 Å². The number of halogens is 1. The molecule has 1 aliphatic rings. The summed E-state index contributed by atoms with van der Waals surface area (Å²) in [6.45, 7) is 4.45. The Bertz CT molecular complexity index is 915. The molecule has 146 valence electrons. The highest BCUT2D eigenvalue weighted by Gasteiger charge is 2.33. The maximum Gasteiger partial charge on any atom is 0.338 e. The first-order chi connectivity index (χ1) is 13.5. The van der Waals surface area contributed by atoms with Gasteiger partial charge in [0.25, 0.3) is 0 Å². The van der Waals surface area contributed by atoms with Gasteiger partial charge >= 0.3 is 5.97 Å². The summed E-state index contributed by atoms with van der Waals surface area (Å²) in [6, 6.07) is 14.5. The fourth-order valence-corrected chi connectivity index (χ4v) is 3.51. The van der Waals surface area contributed by atoms with Gasteiger partial charge in [-0.1, -0.05) is 48.0 Å². The van der Waals surface area contributed by atoms with Crippen LogP contribution >= 0.6 is 23.8 Å². The van der Waals surface area contributed by atoms with Crippen molar-refractivity contribution in [3.8, 4) is 5.75 Å². The van der Waals surface area contributed by atoms with E-state index in [1.54, 1.807) is 19.1 Å². The summed E-state index contributed by atoms with van der Waals surface area (Å²) < 4.78 is 10.8. The number of benzene rings is 2. The molecule has 0 unspecified atom stereocenters. The standard InChI is InChI=1S/C21H21ClN2O3S/c1-3-26-16-11-10-14(12-15(16)22)19-17(20(25)27-4-2)18(23-21(28)24-19)13-8-6-5-7-9-13/h5-12,19H,3-4H2,1-2H3,(H2,23,24,28)/t19-/m1/s1. The highest BCUT2D eigenvalue weighted by atomic mass is 35.5. The Kier molecular flexibility index (Phi) is 6.54. The van der Waals surface area contributed by atoms with Gasteiger partial charge in [0.15, 0.2) is 5.11 Å². The summed E-state index contributed by atoms with van der Waals surface area (Å²) in [5, 5.41) is 7.16. The van der Waals surface area contributed by atoms with E-state index < -0.39 is 12.0 Å².